The van der Waals surface area contributed by atoms with Gasteiger partial charge in [-0.3, -0.25) is 0 Å². The van der Waals surface area contributed by atoms with Crippen LogP contribution >= 0.6 is 0 Å². The summed E-state index contributed by atoms with van der Waals surface area (Å²) in [6.45, 7) is 4.80. The summed E-state index contributed by atoms with van der Waals surface area (Å²) in [5, 5.41) is 36.5. The largest absolute Gasteiger partial charge is 0.411 e. The fourth-order valence-corrected chi connectivity index (χ4v) is 0.485. The molecule has 86 valence electrons. The summed E-state index contributed by atoms with van der Waals surface area (Å²) in [7, 11) is 0. The molecule has 14 heavy (non-hydrogen) atoms. The third-order valence-electron chi connectivity index (χ3n) is 1.96. The molecule has 0 aromatic heterocycles. The van der Waals surface area contributed by atoms with Gasteiger partial charge in [-0.1, -0.05) is 12.1 Å². The first-order chi connectivity index (χ1) is 6.51. The molecule has 0 spiro atoms. The van der Waals surface area contributed by atoms with E-state index in [1.165, 1.54) is 0 Å². The van der Waals surface area contributed by atoms with Crippen molar-refractivity contribution >= 4 is 5.71 Å². The Hall–Kier alpha value is -0.650. The standard InChI is InChI=1S/C6H14O3.C3H7NO/c1-2-6(3-7,4-8)5-9;1-3(2)4-5/h7-9H,2-5H2,1H3;5H,1-2H3. The predicted molar refractivity (Wildman–Crippen MR) is 54.6 cm³/mol. The molecule has 5 nitrogen and oxygen atoms in total. The summed E-state index contributed by atoms with van der Waals surface area (Å²) in [6, 6.07) is 0. The summed E-state index contributed by atoms with van der Waals surface area (Å²) < 4.78 is 0. The summed E-state index contributed by atoms with van der Waals surface area (Å²) in [5.41, 5.74) is 0.0185. The molecule has 0 radical (unpaired) electrons. The molecule has 5 heteroatoms. The molecule has 0 heterocycles. The van der Waals surface area contributed by atoms with Crippen molar-refractivity contribution in [3.63, 3.8) is 0 Å². The number of hydrogen-bond acceptors (Lipinski definition) is 5. The molecule has 0 aliphatic heterocycles. The molecule has 0 bridgehead atoms. The van der Waals surface area contributed by atoms with Crippen LogP contribution in [0.5, 0.6) is 0 Å². The van der Waals surface area contributed by atoms with Gasteiger partial charge in [-0.2, -0.15) is 0 Å². The lowest BCUT2D eigenvalue weighted by molar-refractivity contribution is 0.00304. The molecule has 0 atom stereocenters. The fourth-order valence-electron chi connectivity index (χ4n) is 0.485. The van der Waals surface area contributed by atoms with Gasteiger partial charge in [0.25, 0.3) is 0 Å². The molecule has 0 aliphatic carbocycles. The first kappa shape index (κ1) is 15.8. The minimum atomic E-state index is -0.667. The lowest BCUT2D eigenvalue weighted by atomic mass is 9.88. The number of aliphatic hydroxyl groups excluding tert-OH is 3. The van der Waals surface area contributed by atoms with E-state index in [0.717, 1.165) is 0 Å². The zero-order chi connectivity index (χ0) is 11.6. The van der Waals surface area contributed by atoms with Gasteiger partial charge < -0.3 is 20.5 Å². The van der Waals surface area contributed by atoms with Crippen LogP contribution in [0.3, 0.4) is 0 Å². The highest BCUT2D eigenvalue weighted by Gasteiger charge is 2.24. The lowest BCUT2D eigenvalue weighted by Crippen LogP contribution is -2.32. The van der Waals surface area contributed by atoms with E-state index in [1.807, 2.05) is 6.92 Å². The van der Waals surface area contributed by atoms with Gasteiger partial charge in [0.15, 0.2) is 0 Å². The van der Waals surface area contributed by atoms with Crippen molar-refractivity contribution < 1.29 is 20.5 Å². The highest BCUT2D eigenvalue weighted by atomic mass is 16.4. The van der Waals surface area contributed by atoms with Crippen LogP contribution in [0.25, 0.3) is 0 Å². The maximum Gasteiger partial charge on any atom is 0.0531 e. The Morgan fingerprint density at radius 3 is 1.36 bits per heavy atom. The molecule has 0 aromatic carbocycles. The molecule has 0 rings (SSSR count). The summed E-state index contributed by atoms with van der Waals surface area (Å²) in [4.78, 5) is 0. The molecule has 0 saturated heterocycles. The number of rotatable bonds is 4. The van der Waals surface area contributed by atoms with Crippen LogP contribution in [0.4, 0.5) is 0 Å². The zero-order valence-electron chi connectivity index (χ0n) is 9.06. The van der Waals surface area contributed by atoms with Crippen LogP contribution < -0.4 is 0 Å². The Morgan fingerprint density at radius 2 is 1.36 bits per heavy atom. The van der Waals surface area contributed by atoms with Crippen LogP contribution in [0, 0.1) is 5.41 Å². The third-order valence-corrected chi connectivity index (χ3v) is 1.96. The normalized spacial score (nSPS) is 10.1. The van der Waals surface area contributed by atoms with Crippen LogP contribution in [0.15, 0.2) is 5.16 Å². The molecule has 0 fully saturated rings. The molecular formula is C9H21NO4. The minimum Gasteiger partial charge on any atom is -0.411 e. The van der Waals surface area contributed by atoms with Crippen molar-refractivity contribution in [1.29, 1.82) is 0 Å². The molecule has 0 aliphatic rings. The Bertz CT molecular complexity index is 133. The number of hydrogen-bond donors (Lipinski definition) is 4. The smallest absolute Gasteiger partial charge is 0.0531 e. The van der Waals surface area contributed by atoms with Crippen LogP contribution in [-0.4, -0.2) is 46.1 Å². The van der Waals surface area contributed by atoms with Crippen molar-refractivity contribution in [1.82, 2.24) is 0 Å². The number of nitrogens with zero attached hydrogens (tertiary/aromatic N) is 1. The molecule has 0 unspecified atom stereocenters. The number of oxime groups is 1. The molecule has 0 aromatic rings. The van der Waals surface area contributed by atoms with Crippen molar-refractivity contribution in [2.75, 3.05) is 19.8 Å². The quantitative estimate of drug-likeness (QED) is 0.301. The van der Waals surface area contributed by atoms with E-state index >= 15 is 0 Å². The maximum absolute atomic E-state index is 8.66. The van der Waals surface area contributed by atoms with Crippen molar-refractivity contribution in [3.05, 3.63) is 0 Å². The average molecular weight is 207 g/mol. The lowest BCUT2D eigenvalue weighted by Gasteiger charge is -2.24. The van der Waals surface area contributed by atoms with Gasteiger partial charge in [0.05, 0.1) is 25.5 Å². The summed E-state index contributed by atoms with van der Waals surface area (Å²) in [5.74, 6) is 0. The highest BCUT2D eigenvalue weighted by Crippen LogP contribution is 2.18. The monoisotopic (exact) mass is 207 g/mol. The van der Waals surface area contributed by atoms with Gasteiger partial charge in [-0.05, 0) is 20.3 Å². The third kappa shape index (κ3) is 6.82. The zero-order valence-corrected chi connectivity index (χ0v) is 9.06. The van der Waals surface area contributed by atoms with Gasteiger partial charge >= 0.3 is 0 Å². The molecule has 4 N–H and O–H groups in total. The van der Waals surface area contributed by atoms with Crippen LogP contribution in [-0.2, 0) is 0 Å². The van der Waals surface area contributed by atoms with E-state index in [0.29, 0.717) is 12.1 Å². The number of aliphatic hydroxyl groups is 3. The van der Waals surface area contributed by atoms with Gasteiger partial charge in [-0.25, -0.2) is 0 Å². The first-order valence-corrected chi connectivity index (χ1v) is 4.49. The summed E-state index contributed by atoms with van der Waals surface area (Å²) >= 11 is 0. The van der Waals surface area contributed by atoms with Crippen molar-refractivity contribution in [2.45, 2.75) is 27.2 Å². The van der Waals surface area contributed by atoms with Crippen LogP contribution in [0.1, 0.15) is 27.2 Å². The predicted octanol–water partition coefficient (Wildman–Crippen LogP) is 0.216. The Morgan fingerprint density at radius 1 is 1.07 bits per heavy atom. The second-order valence-corrected chi connectivity index (χ2v) is 3.38. The Labute approximate surface area is 84.7 Å². The van der Waals surface area contributed by atoms with Gasteiger partial charge in [0.2, 0.25) is 0 Å². The van der Waals surface area contributed by atoms with Crippen molar-refractivity contribution in [3.8, 4) is 0 Å². The first-order valence-electron chi connectivity index (χ1n) is 4.49. The molecule has 0 saturated carbocycles. The Balaban J connectivity index is 0. The second-order valence-electron chi connectivity index (χ2n) is 3.38. The van der Waals surface area contributed by atoms with E-state index in [2.05, 4.69) is 5.16 Å². The summed E-state index contributed by atoms with van der Waals surface area (Å²) in [6.07, 6.45) is 0.594. The highest BCUT2D eigenvalue weighted by molar-refractivity contribution is 5.78. The Kier molecular flexibility index (Phi) is 10.1. The van der Waals surface area contributed by atoms with E-state index < -0.39 is 5.41 Å². The van der Waals surface area contributed by atoms with Crippen molar-refractivity contribution in [2.24, 2.45) is 10.6 Å². The topological polar surface area (TPSA) is 93.3 Å². The van der Waals surface area contributed by atoms with E-state index in [9.17, 15) is 0 Å². The SMILES string of the molecule is CC(C)=NO.CCC(CO)(CO)CO. The minimum absolute atomic E-state index is 0.156. The maximum atomic E-state index is 8.66. The van der Waals surface area contributed by atoms with Gasteiger partial charge in [0, 0.05) is 5.41 Å². The van der Waals surface area contributed by atoms with E-state index in [4.69, 9.17) is 20.5 Å². The van der Waals surface area contributed by atoms with Gasteiger partial charge in [0.1, 0.15) is 0 Å². The van der Waals surface area contributed by atoms with Gasteiger partial charge in [-0.15, -0.1) is 0 Å². The van der Waals surface area contributed by atoms with E-state index in [1.54, 1.807) is 13.8 Å². The van der Waals surface area contributed by atoms with E-state index in [-0.39, 0.29) is 19.8 Å². The fraction of sp³-hybridized carbons (Fsp3) is 0.889. The second kappa shape index (κ2) is 8.93. The molecule has 0 amide bonds. The molecular weight excluding hydrogens is 186 g/mol. The average Bonchev–Trinajstić information content (AvgIpc) is 2.23. The van der Waals surface area contributed by atoms with Crippen LogP contribution in [0.2, 0.25) is 0 Å².